The van der Waals surface area contributed by atoms with Gasteiger partial charge in [-0.2, -0.15) is 5.26 Å². The van der Waals surface area contributed by atoms with E-state index in [0.717, 1.165) is 35.7 Å². The Hall–Kier alpha value is -3.78. The largest absolute Gasteiger partial charge is 0.489 e. The molecule has 2 aromatic carbocycles. The Kier molecular flexibility index (Phi) is 7.67. The second-order valence-electron chi connectivity index (χ2n) is 7.24. The van der Waals surface area contributed by atoms with Crippen LogP contribution in [0.1, 0.15) is 11.1 Å². The summed E-state index contributed by atoms with van der Waals surface area (Å²) in [5.41, 5.74) is 3.03. The van der Waals surface area contributed by atoms with E-state index in [1.54, 1.807) is 23.1 Å². The highest BCUT2D eigenvalue weighted by molar-refractivity contribution is 6.01. The van der Waals surface area contributed by atoms with Gasteiger partial charge in [-0.15, -0.1) is 6.58 Å². The molecule has 0 saturated carbocycles. The van der Waals surface area contributed by atoms with Gasteiger partial charge < -0.3 is 14.5 Å². The van der Waals surface area contributed by atoms with E-state index in [4.69, 9.17) is 4.74 Å². The first kappa shape index (κ1) is 21.9. The number of nitrogens with zero attached hydrogens (tertiary/aromatic N) is 3. The normalized spacial score (nSPS) is 14.0. The van der Waals surface area contributed by atoms with Crippen molar-refractivity contribution in [2.24, 2.45) is 0 Å². The highest BCUT2D eigenvalue weighted by Crippen LogP contribution is 2.23. The molecule has 0 aliphatic carbocycles. The molecular weight excluding hydrogens is 386 g/mol. The van der Waals surface area contributed by atoms with Crippen molar-refractivity contribution in [1.29, 1.82) is 5.26 Å². The van der Waals surface area contributed by atoms with E-state index in [1.807, 2.05) is 36.4 Å². The van der Waals surface area contributed by atoms with Crippen LogP contribution in [0.5, 0.6) is 5.75 Å². The van der Waals surface area contributed by atoms with Crippen LogP contribution in [0.3, 0.4) is 0 Å². The number of anilines is 1. The van der Waals surface area contributed by atoms with Gasteiger partial charge >= 0.3 is 0 Å². The molecule has 1 fully saturated rings. The molecule has 1 saturated heterocycles. The van der Waals surface area contributed by atoms with Crippen LogP contribution < -0.4 is 9.64 Å². The lowest BCUT2D eigenvalue weighted by Gasteiger charge is -2.36. The second kappa shape index (κ2) is 10.8. The van der Waals surface area contributed by atoms with E-state index in [-0.39, 0.29) is 11.5 Å². The third kappa shape index (κ3) is 5.64. The summed E-state index contributed by atoms with van der Waals surface area (Å²) in [7, 11) is 0. The molecule has 0 atom stereocenters. The van der Waals surface area contributed by atoms with Crippen molar-refractivity contribution in [1.82, 2.24) is 4.90 Å². The predicted molar refractivity (Wildman–Crippen MR) is 125 cm³/mol. The number of para-hydroxylation sites is 1. The molecule has 3 rings (SSSR count). The number of hydrogen-bond acceptors (Lipinski definition) is 4. The Bertz CT molecular complexity index is 997. The topological polar surface area (TPSA) is 56.6 Å². The first-order chi connectivity index (χ1) is 15.2. The third-order valence-electron chi connectivity index (χ3n) is 5.16. The van der Waals surface area contributed by atoms with Crippen molar-refractivity contribution in [3.8, 4) is 11.8 Å². The first-order valence-corrected chi connectivity index (χ1v) is 10.3. The van der Waals surface area contributed by atoms with Crippen molar-refractivity contribution < 1.29 is 9.53 Å². The number of piperazine rings is 1. The molecule has 0 radical (unpaired) electrons. The Morgan fingerprint density at radius 3 is 2.45 bits per heavy atom. The van der Waals surface area contributed by atoms with Crippen LogP contribution in [0.4, 0.5) is 5.69 Å². The van der Waals surface area contributed by atoms with Gasteiger partial charge in [0.05, 0.1) is 0 Å². The zero-order chi connectivity index (χ0) is 22.1. The molecule has 1 heterocycles. The van der Waals surface area contributed by atoms with Gasteiger partial charge in [-0.25, -0.2) is 0 Å². The minimum Gasteiger partial charge on any atom is -0.489 e. The highest BCUT2D eigenvalue weighted by Gasteiger charge is 2.23. The summed E-state index contributed by atoms with van der Waals surface area (Å²) in [5, 5.41) is 9.63. The van der Waals surface area contributed by atoms with Gasteiger partial charge in [0, 0.05) is 31.9 Å². The second-order valence-corrected chi connectivity index (χ2v) is 7.24. The molecule has 0 aromatic heterocycles. The van der Waals surface area contributed by atoms with Crippen LogP contribution in [0.15, 0.2) is 79.4 Å². The SMILES string of the molecule is C=CCOc1ccc(/C=C(/C#N)C(=O)N2CCN(c3ccccc3)CC2)cc1CC=C. The highest BCUT2D eigenvalue weighted by atomic mass is 16.5. The molecule has 5 nitrogen and oxygen atoms in total. The molecule has 31 heavy (non-hydrogen) atoms. The van der Waals surface area contributed by atoms with Gasteiger partial charge in [-0.3, -0.25) is 4.79 Å². The summed E-state index contributed by atoms with van der Waals surface area (Å²) in [6.45, 7) is 10.5. The van der Waals surface area contributed by atoms with E-state index >= 15 is 0 Å². The Balaban J connectivity index is 1.72. The number of carbonyl (C=O) groups excluding carboxylic acids is 1. The van der Waals surface area contributed by atoms with Crippen molar-refractivity contribution in [2.75, 3.05) is 37.7 Å². The van der Waals surface area contributed by atoms with Crippen LogP contribution >= 0.6 is 0 Å². The lowest BCUT2D eigenvalue weighted by atomic mass is 10.0. The molecule has 158 valence electrons. The van der Waals surface area contributed by atoms with Crippen LogP contribution in [0, 0.1) is 11.3 Å². The van der Waals surface area contributed by atoms with Crippen molar-refractivity contribution in [3.05, 3.63) is 90.5 Å². The van der Waals surface area contributed by atoms with Gasteiger partial charge in [0.25, 0.3) is 5.91 Å². The maximum absolute atomic E-state index is 13.0. The molecule has 0 N–H and O–H groups in total. The zero-order valence-corrected chi connectivity index (χ0v) is 17.7. The average Bonchev–Trinajstić information content (AvgIpc) is 2.82. The van der Waals surface area contributed by atoms with Crippen molar-refractivity contribution in [2.45, 2.75) is 6.42 Å². The number of ether oxygens (including phenoxy) is 1. The minimum absolute atomic E-state index is 0.137. The lowest BCUT2D eigenvalue weighted by Crippen LogP contribution is -2.49. The van der Waals surface area contributed by atoms with E-state index in [2.05, 4.69) is 36.3 Å². The van der Waals surface area contributed by atoms with Crippen LogP contribution in [0.25, 0.3) is 6.08 Å². The fourth-order valence-corrected chi connectivity index (χ4v) is 3.58. The number of nitriles is 1. The zero-order valence-electron chi connectivity index (χ0n) is 17.7. The molecule has 1 aliphatic heterocycles. The Labute approximate surface area is 184 Å². The number of rotatable bonds is 8. The minimum atomic E-state index is -0.229. The summed E-state index contributed by atoms with van der Waals surface area (Å²) in [6.07, 6.45) is 5.77. The molecule has 5 heteroatoms. The van der Waals surface area contributed by atoms with E-state index in [9.17, 15) is 10.1 Å². The summed E-state index contributed by atoms with van der Waals surface area (Å²) in [4.78, 5) is 17.0. The van der Waals surface area contributed by atoms with E-state index in [1.165, 1.54) is 0 Å². The number of carbonyl (C=O) groups is 1. The first-order valence-electron chi connectivity index (χ1n) is 10.3. The standard InChI is InChI=1S/C26H27N3O2/c1-3-8-22-18-21(11-12-25(22)31-17-4-2)19-23(20-27)26(30)29-15-13-28(14-16-29)24-9-6-5-7-10-24/h3-7,9-12,18-19H,1-2,8,13-17H2/b23-19-. The van der Waals surface area contributed by atoms with Crippen LogP contribution in [-0.4, -0.2) is 43.6 Å². The van der Waals surface area contributed by atoms with Gasteiger partial charge in [-0.1, -0.05) is 43.0 Å². The summed E-state index contributed by atoms with van der Waals surface area (Å²) in [5.74, 6) is 0.520. The molecule has 0 bridgehead atoms. The van der Waals surface area contributed by atoms with Crippen molar-refractivity contribution >= 4 is 17.7 Å². The number of benzene rings is 2. The van der Waals surface area contributed by atoms with Crippen molar-refractivity contribution in [3.63, 3.8) is 0 Å². The summed E-state index contributed by atoms with van der Waals surface area (Å²) < 4.78 is 5.68. The summed E-state index contributed by atoms with van der Waals surface area (Å²) in [6, 6.07) is 17.9. The lowest BCUT2D eigenvalue weighted by molar-refractivity contribution is -0.126. The fraction of sp³-hybridized carbons (Fsp3) is 0.231. The average molecular weight is 414 g/mol. The van der Waals surface area contributed by atoms with Gasteiger partial charge in [-0.05, 0) is 47.9 Å². The molecule has 2 aromatic rings. The molecule has 0 unspecified atom stereocenters. The quantitative estimate of drug-likeness (QED) is 0.369. The van der Waals surface area contributed by atoms with E-state index < -0.39 is 0 Å². The molecule has 1 aliphatic rings. The van der Waals surface area contributed by atoms with Gasteiger partial charge in [0.2, 0.25) is 0 Å². The number of amides is 1. The monoisotopic (exact) mass is 413 g/mol. The third-order valence-corrected chi connectivity index (χ3v) is 5.16. The van der Waals surface area contributed by atoms with Crippen LogP contribution in [0.2, 0.25) is 0 Å². The maximum atomic E-state index is 13.0. The maximum Gasteiger partial charge on any atom is 0.264 e. The molecule has 0 spiro atoms. The number of hydrogen-bond donors (Lipinski definition) is 0. The molecular formula is C26H27N3O2. The predicted octanol–water partition coefficient (Wildman–Crippen LogP) is 4.24. The number of allylic oxidation sites excluding steroid dienone is 1. The van der Waals surface area contributed by atoms with Crippen LogP contribution in [-0.2, 0) is 11.2 Å². The smallest absolute Gasteiger partial charge is 0.264 e. The fourth-order valence-electron chi connectivity index (χ4n) is 3.58. The van der Waals surface area contributed by atoms with Gasteiger partial charge in [0.15, 0.2) is 0 Å². The van der Waals surface area contributed by atoms with E-state index in [0.29, 0.717) is 26.1 Å². The van der Waals surface area contributed by atoms with Gasteiger partial charge in [0.1, 0.15) is 24.0 Å². The Morgan fingerprint density at radius 2 is 1.81 bits per heavy atom. The Morgan fingerprint density at radius 1 is 1.06 bits per heavy atom. The summed E-state index contributed by atoms with van der Waals surface area (Å²) >= 11 is 0. The molecule has 1 amide bonds.